The Morgan fingerprint density at radius 1 is 1.11 bits per heavy atom. The predicted octanol–water partition coefficient (Wildman–Crippen LogP) is 2.14. The second kappa shape index (κ2) is 5.84. The van der Waals surface area contributed by atoms with Crippen molar-refractivity contribution < 1.29 is 8.42 Å². The van der Waals surface area contributed by atoms with E-state index in [2.05, 4.69) is 10.3 Å². The fourth-order valence-corrected chi connectivity index (χ4v) is 2.69. The minimum atomic E-state index is -3.20. The van der Waals surface area contributed by atoms with Crippen LogP contribution in [0.25, 0.3) is 0 Å². The van der Waals surface area contributed by atoms with Crippen molar-refractivity contribution in [3.05, 3.63) is 54.4 Å². The van der Waals surface area contributed by atoms with E-state index in [0.717, 1.165) is 6.42 Å². The summed E-state index contributed by atoms with van der Waals surface area (Å²) in [5.41, 5.74) is 1.82. The van der Waals surface area contributed by atoms with Crippen LogP contribution in [0.2, 0.25) is 0 Å². The summed E-state index contributed by atoms with van der Waals surface area (Å²) in [7, 11) is -3.20. The van der Waals surface area contributed by atoms with Crippen LogP contribution in [0.1, 0.15) is 5.56 Å². The summed E-state index contributed by atoms with van der Waals surface area (Å²) in [5.74, 6) is 0. The monoisotopic (exact) mass is 276 g/mol. The second-order valence-electron chi connectivity index (χ2n) is 4.30. The molecule has 0 aliphatic carbocycles. The third-order valence-electron chi connectivity index (χ3n) is 2.77. The normalized spacial score (nSPS) is 11.2. The zero-order valence-electron chi connectivity index (χ0n) is 10.7. The average molecular weight is 276 g/mol. The molecule has 0 aliphatic heterocycles. The number of pyridine rings is 1. The number of anilines is 1. The van der Waals surface area contributed by atoms with E-state index in [4.69, 9.17) is 0 Å². The molecular weight excluding hydrogens is 260 g/mol. The lowest BCUT2D eigenvalue weighted by molar-refractivity contribution is 0.602. The molecule has 0 radical (unpaired) electrons. The quantitative estimate of drug-likeness (QED) is 0.909. The highest BCUT2D eigenvalue weighted by molar-refractivity contribution is 7.90. The zero-order chi connectivity index (χ0) is 13.7. The number of hydrogen-bond acceptors (Lipinski definition) is 4. The van der Waals surface area contributed by atoms with Gasteiger partial charge in [-0.15, -0.1) is 0 Å². The van der Waals surface area contributed by atoms with Gasteiger partial charge in [0.2, 0.25) is 0 Å². The fraction of sp³-hybridized carbons (Fsp3) is 0.214. The maximum atomic E-state index is 11.6. The Kier molecular flexibility index (Phi) is 4.16. The predicted molar refractivity (Wildman–Crippen MR) is 76.0 cm³/mol. The fourth-order valence-electron chi connectivity index (χ4n) is 1.83. The van der Waals surface area contributed by atoms with Gasteiger partial charge in [0.25, 0.3) is 0 Å². The number of hydrogen-bond donors (Lipinski definition) is 1. The first-order valence-corrected chi connectivity index (χ1v) is 7.88. The molecule has 0 saturated carbocycles. The molecule has 1 aromatic heterocycles. The van der Waals surface area contributed by atoms with Crippen LogP contribution in [0.4, 0.5) is 5.69 Å². The third-order valence-corrected chi connectivity index (χ3v) is 3.92. The Hall–Kier alpha value is -1.88. The van der Waals surface area contributed by atoms with Crippen LogP contribution >= 0.6 is 0 Å². The van der Waals surface area contributed by atoms with Gasteiger partial charge in [-0.1, -0.05) is 12.1 Å². The molecule has 0 aliphatic rings. The number of sulfone groups is 1. The van der Waals surface area contributed by atoms with Gasteiger partial charge in [-0.3, -0.25) is 4.98 Å². The molecule has 19 heavy (non-hydrogen) atoms. The van der Waals surface area contributed by atoms with Gasteiger partial charge in [0.15, 0.2) is 9.84 Å². The zero-order valence-corrected chi connectivity index (χ0v) is 11.5. The van der Waals surface area contributed by atoms with E-state index in [1.165, 1.54) is 11.8 Å². The molecule has 0 unspecified atom stereocenters. The van der Waals surface area contributed by atoms with Gasteiger partial charge in [0, 0.05) is 25.2 Å². The van der Waals surface area contributed by atoms with Gasteiger partial charge in [-0.25, -0.2) is 8.42 Å². The summed E-state index contributed by atoms with van der Waals surface area (Å²) in [6.07, 6.45) is 5.54. The van der Waals surface area contributed by atoms with Crippen molar-refractivity contribution in [1.29, 1.82) is 0 Å². The lowest BCUT2D eigenvalue weighted by atomic mass is 10.2. The minimum absolute atomic E-state index is 0.338. The topological polar surface area (TPSA) is 59.1 Å². The van der Waals surface area contributed by atoms with Gasteiger partial charge in [0.1, 0.15) is 0 Å². The molecule has 100 valence electrons. The molecule has 2 rings (SSSR count). The van der Waals surface area contributed by atoms with Crippen LogP contribution < -0.4 is 5.32 Å². The number of aromatic nitrogens is 1. The largest absolute Gasteiger partial charge is 0.384 e. The van der Waals surface area contributed by atoms with Gasteiger partial charge in [0.05, 0.1) is 10.6 Å². The molecule has 0 bridgehead atoms. The van der Waals surface area contributed by atoms with Crippen LogP contribution in [0.5, 0.6) is 0 Å². The molecule has 0 amide bonds. The smallest absolute Gasteiger partial charge is 0.177 e. The highest BCUT2D eigenvalue weighted by atomic mass is 32.2. The highest BCUT2D eigenvalue weighted by Gasteiger charge is 2.11. The van der Waals surface area contributed by atoms with Crippen LogP contribution in [0.15, 0.2) is 53.7 Å². The summed E-state index contributed by atoms with van der Waals surface area (Å²) in [5, 5.41) is 3.17. The molecule has 4 nitrogen and oxygen atoms in total. The lowest BCUT2D eigenvalue weighted by Gasteiger charge is -2.10. The highest BCUT2D eigenvalue weighted by Crippen LogP contribution is 2.20. The summed E-state index contributed by atoms with van der Waals surface area (Å²) < 4.78 is 23.3. The van der Waals surface area contributed by atoms with Crippen molar-refractivity contribution in [2.45, 2.75) is 11.3 Å². The molecule has 0 atom stereocenters. The van der Waals surface area contributed by atoms with Crippen LogP contribution in [0, 0.1) is 0 Å². The van der Waals surface area contributed by atoms with Crippen molar-refractivity contribution in [1.82, 2.24) is 4.98 Å². The first-order chi connectivity index (χ1) is 9.07. The molecule has 5 heteroatoms. The Balaban J connectivity index is 2.05. The first-order valence-electron chi connectivity index (χ1n) is 5.99. The number of nitrogens with zero attached hydrogens (tertiary/aromatic N) is 1. The van der Waals surface area contributed by atoms with E-state index in [1.807, 2.05) is 18.2 Å². The second-order valence-corrected chi connectivity index (χ2v) is 6.28. The summed E-state index contributed by atoms with van der Waals surface area (Å²) >= 11 is 0. The maximum Gasteiger partial charge on any atom is 0.177 e. The number of nitrogens with one attached hydrogen (secondary N) is 1. The van der Waals surface area contributed by atoms with E-state index in [-0.39, 0.29) is 0 Å². The molecule has 2 aromatic rings. The van der Waals surface area contributed by atoms with Crippen molar-refractivity contribution >= 4 is 15.5 Å². The molecule has 0 spiro atoms. The van der Waals surface area contributed by atoms with Crippen LogP contribution in [-0.2, 0) is 16.3 Å². The Morgan fingerprint density at radius 2 is 1.79 bits per heavy atom. The lowest BCUT2D eigenvalue weighted by Crippen LogP contribution is -2.09. The van der Waals surface area contributed by atoms with Crippen molar-refractivity contribution in [2.24, 2.45) is 0 Å². The van der Waals surface area contributed by atoms with E-state index < -0.39 is 9.84 Å². The SMILES string of the molecule is CS(=O)(=O)c1ccccc1NCCc1ccncc1. The Morgan fingerprint density at radius 3 is 2.47 bits per heavy atom. The number of benzene rings is 1. The van der Waals surface area contributed by atoms with E-state index in [9.17, 15) is 8.42 Å². The maximum absolute atomic E-state index is 11.6. The standard InChI is InChI=1S/C14H16N2O2S/c1-19(17,18)14-5-3-2-4-13(14)16-11-8-12-6-9-15-10-7-12/h2-7,9-10,16H,8,11H2,1H3. The van der Waals surface area contributed by atoms with E-state index >= 15 is 0 Å². The molecule has 1 N–H and O–H groups in total. The summed E-state index contributed by atoms with van der Waals surface area (Å²) in [6.45, 7) is 0.677. The molecule has 0 fully saturated rings. The van der Waals surface area contributed by atoms with Crippen LogP contribution in [0.3, 0.4) is 0 Å². The van der Waals surface area contributed by atoms with Crippen molar-refractivity contribution in [2.75, 3.05) is 18.1 Å². The molecule has 1 aromatic carbocycles. The van der Waals surface area contributed by atoms with E-state index in [0.29, 0.717) is 17.1 Å². The molecule has 1 heterocycles. The number of rotatable bonds is 5. The van der Waals surface area contributed by atoms with Crippen LogP contribution in [-0.4, -0.2) is 26.2 Å². The summed E-state index contributed by atoms with van der Waals surface area (Å²) in [4.78, 5) is 4.30. The molecule has 0 saturated heterocycles. The first kappa shape index (κ1) is 13.5. The summed E-state index contributed by atoms with van der Waals surface area (Å²) in [6, 6.07) is 10.8. The van der Waals surface area contributed by atoms with Gasteiger partial charge < -0.3 is 5.32 Å². The van der Waals surface area contributed by atoms with Gasteiger partial charge in [-0.05, 0) is 36.2 Å². The van der Waals surface area contributed by atoms with Crippen molar-refractivity contribution in [3.63, 3.8) is 0 Å². The third kappa shape index (κ3) is 3.79. The Bertz CT molecular complexity index is 640. The van der Waals surface area contributed by atoms with E-state index in [1.54, 1.807) is 30.6 Å². The average Bonchev–Trinajstić information content (AvgIpc) is 2.39. The van der Waals surface area contributed by atoms with Gasteiger partial charge >= 0.3 is 0 Å². The van der Waals surface area contributed by atoms with Crippen molar-refractivity contribution in [3.8, 4) is 0 Å². The Labute approximate surface area is 113 Å². The number of para-hydroxylation sites is 1. The minimum Gasteiger partial charge on any atom is -0.384 e. The van der Waals surface area contributed by atoms with Gasteiger partial charge in [-0.2, -0.15) is 0 Å². The molecular formula is C14H16N2O2S.